The average molecular weight is 1230 g/mol. The van der Waals surface area contributed by atoms with Gasteiger partial charge in [-0.05, 0) is 44.9 Å². The van der Waals surface area contributed by atoms with Gasteiger partial charge in [0.15, 0.2) is 0 Å². The van der Waals surface area contributed by atoms with Crippen molar-refractivity contribution in [1.29, 1.82) is 0 Å². The molecule has 0 aromatic rings. The molecule has 0 aliphatic rings. The predicted molar refractivity (Wildman–Crippen MR) is 376 cm³/mol. The van der Waals surface area contributed by atoms with Crippen molar-refractivity contribution in [2.45, 2.75) is 411 Å². The van der Waals surface area contributed by atoms with Gasteiger partial charge in [0.25, 0.3) is 7.82 Å². The number of phosphoric ester groups is 1. The Morgan fingerprint density at radius 2 is 0.651 bits per heavy atom. The number of allylic oxidation sites excluding steroid dienone is 5. The SMILES string of the molecule is CCCCCCCCCCCCCCCCC/C=C/CC/C=C/CC/C=C/C(O)C(COP(=O)([O-])OCC[N+](C)(C)C)NC(=O)CCCCCCCCCCCCCCCCCCCCCCCCCCCCCCCCCCCCCCCCC. The Balaban J connectivity index is 3.96. The topological polar surface area (TPSA) is 108 Å². The lowest BCUT2D eigenvalue weighted by Crippen LogP contribution is -2.45. The van der Waals surface area contributed by atoms with Gasteiger partial charge in [0.05, 0.1) is 39.9 Å². The number of aliphatic hydroxyl groups excluding tert-OH is 1. The number of carbonyl (C=O) groups excluding carboxylic acids is 1. The smallest absolute Gasteiger partial charge is 0.268 e. The summed E-state index contributed by atoms with van der Waals surface area (Å²) in [5.74, 6) is -0.203. The largest absolute Gasteiger partial charge is 0.756 e. The fourth-order valence-electron chi connectivity index (χ4n) is 11.9. The van der Waals surface area contributed by atoms with Crippen molar-refractivity contribution in [3.63, 3.8) is 0 Å². The maximum absolute atomic E-state index is 13.0. The molecule has 0 aliphatic carbocycles. The number of phosphoric acid groups is 1. The molecule has 2 N–H and O–H groups in total. The second kappa shape index (κ2) is 68.1. The van der Waals surface area contributed by atoms with Crippen molar-refractivity contribution >= 4 is 13.7 Å². The van der Waals surface area contributed by atoms with Gasteiger partial charge < -0.3 is 28.8 Å². The quantitative estimate of drug-likeness (QED) is 0.0272. The van der Waals surface area contributed by atoms with Crippen LogP contribution in [0.15, 0.2) is 36.5 Å². The summed E-state index contributed by atoms with van der Waals surface area (Å²) in [6.07, 6.45) is 91.8. The van der Waals surface area contributed by atoms with Crippen molar-refractivity contribution in [3.8, 4) is 0 Å². The van der Waals surface area contributed by atoms with E-state index in [9.17, 15) is 19.4 Å². The van der Waals surface area contributed by atoms with E-state index in [0.717, 1.165) is 44.9 Å². The van der Waals surface area contributed by atoms with Gasteiger partial charge in [-0.2, -0.15) is 0 Å². The first-order valence-electron chi connectivity index (χ1n) is 38.4. The van der Waals surface area contributed by atoms with E-state index in [1.807, 2.05) is 27.2 Å². The van der Waals surface area contributed by atoms with Crippen molar-refractivity contribution < 1.29 is 32.9 Å². The number of nitrogens with one attached hydrogen (secondary N) is 1. The van der Waals surface area contributed by atoms with Gasteiger partial charge in [-0.3, -0.25) is 9.36 Å². The summed E-state index contributed by atoms with van der Waals surface area (Å²) in [5, 5.41) is 13.9. The molecule has 0 spiro atoms. The second-order valence-electron chi connectivity index (χ2n) is 27.7. The summed E-state index contributed by atoms with van der Waals surface area (Å²) in [4.78, 5) is 25.6. The van der Waals surface area contributed by atoms with Gasteiger partial charge in [-0.1, -0.05) is 384 Å². The Morgan fingerprint density at radius 1 is 0.395 bits per heavy atom. The molecule has 3 unspecified atom stereocenters. The minimum atomic E-state index is -4.62. The number of nitrogens with zero attached hydrogens (tertiary/aromatic N) is 1. The Labute approximate surface area is 537 Å². The molecule has 9 heteroatoms. The van der Waals surface area contributed by atoms with Crippen LogP contribution < -0.4 is 10.2 Å². The van der Waals surface area contributed by atoms with Crippen molar-refractivity contribution in [2.24, 2.45) is 0 Å². The molecule has 0 aliphatic heterocycles. The lowest BCUT2D eigenvalue weighted by molar-refractivity contribution is -0.870. The first kappa shape index (κ1) is 84.7. The van der Waals surface area contributed by atoms with Crippen LogP contribution in [-0.4, -0.2) is 68.5 Å². The molecule has 0 radical (unpaired) electrons. The van der Waals surface area contributed by atoms with Gasteiger partial charge >= 0.3 is 0 Å². The molecule has 86 heavy (non-hydrogen) atoms. The zero-order valence-electron chi connectivity index (χ0n) is 58.5. The molecule has 0 aromatic heterocycles. The zero-order chi connectivity index (χ0) is 62.6. The van der Waals surface area contributed by atoms with E-state index in [4.69, 9.17) is 9.05 Å². The molecule has 0 rings (SSSR count). The molecule has 0 fully saturated rings. The van der Waals surface area contributed by atoms with Crippen molar-refractivity contribution in [2.75, 3.05) is 40.9 Å². The van der Waals surface area contributed by atoms with Gasteiger partial charge in [-0.15, -0.1) is 0 Å². The van der Waals surface area contributed by atoms with E-state index in [-0.39, 0.29) is 12.5 Å². The van der Waals surface area contributed by atoms with Crippen LogP contribution >= 0.6 is 7.82 Å². The van der Waals surface area contributed by atoms with Gasteiger partial charge in [-0.25, -0.2) is 0 Å². The van der Waals surface area contributed by atoms with E-state index in [0.29, 0.717) is 17.4 Å². The number of rotatable bonds is 72. The summed E-state index contributed by atoms with van der Waals surface area (Å²) < 4.78 is 23.5. The first-order valence-corrected chi connectivity index (χ1v) is 39.8. The average Bonchev–Trinajstić information content (AvgIpc) is 3.70. The number of carbonyl (C=O) groups is 1. The standard InChI is InChI=1S/C77H151N2O6P/c1-6-8-10-12-14-16-18-20-22-24-26-28-30-32-33-34-35-36-37-38-39-40-41-42-43-44-45-47-49-51-53-55-57-59-61-63-65-67-69-71-77(81)78-75(74-85-86(82,83)84-73-72-79(3,4)5)76(80)70-68-66-64-62-60-58-56-54-52-50-48-46-31-29-27-25-23-21-19-17-15-13-11-9-7-2/h52,54,60,62,68,70,75-76,80H,6-51,53,55-59,61,63-67,69,71-74H2,1-5H3,(H-,78,81,82,83)/b54-52+,62-60+,70-68+. The van der Waals surface area contributed by atoms with Crippen LogP contribution in [0.5, 0.6) is 0 Å². The van der Waals surface area contributed by atoms with Crippen LogP contribution in [0.25, 0.3) is 0 Å². The Kier molecular flexibility index (Phi) is 67.1. The third-order valence-corrected chi connectivity index (χ3v) is 18.8. The van der Waals surface area contributed by atoms with E-state index in [1.54, 1.807) is 6.08 Å². The Hall–Kier alpha value is -1.28. The normalized spacial score (nSPS) is 13.7. The fourth-order valence-corrected chi connectivity index (χ4v) is 12.6. The lowest BCUT2D eigenvalue weighted by Gasteiger charge is -2.29. The van der Waals surface area contributed by atoms with Gasteiger partial charge in [0.1, 0.15) is 13.2 Å². The third-order valence-electron chi connectivity index (χ3n) is 17.8. The molecule has 3 atom stereocenters. The summed E-state index contributed by atoms with van der Waals surface area (Å²) >= 11 is 0. The molecule has 0 aromatic carbocycles. The van der Waals surface area contributed by atoms with Crippen LogP contribution in [0.2, 0.25) is 0 Å². The maximum Gasteiger partial charge on any atom is 0.268 e. The Morgan fingerprint density at radius 3 is 0.942 bits per heavy atom. The minimum Gasteiger partial charge on any atom is -0.756 e. The summed E-state index contributed by atoms with van der Waals surface area (Å²) in [6.45, 7) is 4.69. The number of hydrogen-bond donors (Lipinski definition) is 2. The second-order valence-corrected chi connectivity index (χ2v) is 29.1. The molecule has 0 bridgehead atoms. The number of likely N-dealkylation sites (N-methyl/N-ethyl adjacent to an activating group) is 1. The highest BCUT2D eigenvalue weighted by molar-refractivity contribution is 7.45. The zero-order valence-corrected chi connectivity index (χ0v) is 59.4. The summed E-state index contributed by atoms with van der Waals surface area (Å²) in [6, 6.07) is -0.910. The van der Waals surface area contributed by atoms with Crippen LogP contribution in [0.4, 0.5) is 0 Å². The molecular weight excluding hydrogens is 1080 g/mol. The third kappa shape index (κ3) is 70.2. The number of amides is 1. The van der Waals surface area contributed by atoms with E-state index in [1.165, 1.54) is 334 Å². The van der Waals surface area contributed by atoms with Crippen LogP contribution in [0.1, 0.15) is 399 Å². The van der Waals surface area contributed by atoms with Crippen LogP contribution in [0.3, 0.4) is 0 Å². The van der Waals surface area contributed by atoms with E-state index < -0.39 is 26.6 Å². The Bertz CT molecular complexity index is 1500. The van der Waals surface area contributed by atoms with Gasteiger partial charge in [0.2, 0.25) is 5.91 Å². The van der Waals surface area contributed by atoms with E-state index in [2.05, 4.69) is 43.5 Å². The number of hydrogen-bond acceptors (Lipinski definition) is 6. The predicted octanol–water partition coefficient (Wildman–Crippen LogP) is 24.2. The van der Waals surface area contributed by atoms with E-state index >= 15 is 0 Å². The van der Waals surface area contributed by atoms with Crippen LogP contribution in [-0.2, 0) is 18.4 Å². The molecule has 0 saturated carbocycles. The molecule has 0 saturated heterocycles. The first-order chi connectivity index (χ1) is 42.0. The molecule has 0 heterocycles. The highest BCUT2D eigenvalue weighted by Crippen LogP contribution is 2.38. The monoisotopic (exact) mass is 1230 g/mol. The van der Waals surface area contributed by atoms with Gasteiger partial charge in [0, 0.05) is 6.42 Å². The fraction of sp³-hybridized carbons (Fsp3) is 0.909. The molecule has 8 nitrogen and oxygen atoms in total. The molecule has 1 amide bonds. The van der Waals surface area contributed by atoms with Crippen molar-refractivity contribution in [3.05, 3.63) is 36.5 Å². The molecular formula is C77H151N2O6P. The summed E-state index contributed by atoms with van der Waals surface area (Å²) in [7, 11) is 1.25. The number of aliphatic hydroxyl groups is 1. The highest BCUT2D eigenvalue weighted by atomic mass is 31.2. The van der Waals surface area contributed by atoms with Crippen LogP contribution in [0, 0.1) is 0 Å². The minimum absolute atomic E-state index is 0.00702. The molecule has 510 valence electrons. The summed E-state index contributed by atoms with van der Waals surface area (Å²) in [5.41, 5.74) is 0. The lowest BCUT2D eigenvalue weighted by atomic mass is 10.0. The maximum atomic E-state index is 13.0. The number of unbranched alkanes of at least 4 members (excludes halogenated alkanes) is 55. The van der Waals surface area contributed by atoms with Crippen molar-refractivity contribution in [1.82, 2.24) is 5.32 Å². The number of quaternary nitrogens is 1. The highest BCUT2D eigenvalue weighted by Gasteiger charge is 2.23.